The lowest BCUT2D eigenvalue weighted by molar-refractivity contribution is -0.138. The van der Waals surface area contributed by atoms with Gasteiger partial charge in [0, 0.05) is 23.0 Å². The van der Waals surface area contributed by atoms with E-state index >= 15 is 0 Å². The quantitative estimate of drug-likeness (QED) is 0.320. The Morgan fingerprint density at radius 1 is 1.02 bits per heavy atom. The monoisotopic (exact) mass is 538 g/mol. The molecule has 3 atom stereocenters. The molecule has 0 radical (unpaired) electrons. The standard InChI is InChI=1S/C30H26N4O6/c1-16(29(37)38)31-27(35)20-8-4-6-10-23(20)34-28(36)24-15-21-19-7-3-5-9-22(19)32-25(21)26(33(24)30(34)39)17-11-13-18(40-2)14-12-17/h3-14,16,24,26,32H,15H2,1-2H3,(H,31,35)(H,37,38)/t16-,24+,26?/m1/s1. The molecule has 10 heteroatoms. The molecule has 3 heterocycles. The molecule has 0 aliphatic carbocycles. The number of ether oxygens (including phenoxy) is 1. The van der Waals surface area contributed by atoms with Crippen molar-refractivity contribution in [1.29, 1.82) is 0 Å². The molecule has 1 saturated heterocycles. The Labute approximate surface area is 229 Å². The van der Waals surface area contributed by atoms with Crippen LogP contribution in [0.15, 0.2) is 72.8 Å². The summed E-state index contributed by atoms with van der Waals surface area (Å²) >= 11 is 0. The summed E-state index contributed by atoms with van der Waals surface area (Å²) in [6.07, 6.45) is 0.303. The molecular weight excluding hydrogens is 512 g/mol. The number of aromatic nitrogens is 1. The molecule has 3 N–H and O–H groups in total. The maximum Gasteiger partial charge on any atom is 0.332 e. The van der Waals surface area contributed by atoms with E-state index < -0.39 is 41.9 Å². The highest BCUT2D eigenvalue weighted by atomic mass is 16.5. The number of urea groups is 1. The summed E-state index contributed by atoms with van der Waals surface area (Å²) in [6, 6.07) is 18.3. The van der Waals surface area contributed by atoms with Crippen LogP contribution in [-0.4, -0.2) is 58.0 Å². The van der Waals surface area contributed by atoms with Crippen molar-refractivity contribution in [2.75, 3.05) is 12.0 Å². The van der Waals surface area contributed by atoms with E-state index in [4.69, 9.17) is 4.74 Å². The molecular formula is C30H26N4O6. The number of rotatable bonds is 6. The first-order valence-corrected chi connectivity index (χ1v) is 12.8. The van der Waals surface area contributed by atoms with E-state index in [2.05, 4.69) is 10.3 Å². The highest BCUT2D eigenvalue weighted by molar-refractivity contribution is 6.24. The number of aromatic amines is 1. The number of hydrogen-bond acceptors (Lipinski definition) is 5. The molecule has 1 unspecified atom stereocenters. The molecule has 1 aromatic heterocycles. The van der Waals surface area contributed by atoms with E-state index in [0.29, 0.717) is 12.2 Å². The van der Waals surface area contributed by atoms with E-state index in [9.17, 15) is 24.3 Å². The molecule has 40 heavy (non-hydrogen) atoms. The zero-order valence-electron chi connectivity index (χ0n) is 21.8. The number of aliphatic carboxylic acids is 1. The van der Waals surface area contributed by atoms with E-state index in [0.717, 1.165) is 32.6 Å². The Balaban J connectivity index is 1.46. The fourth-order valence-electron chi connectivity index (χ4n) is 5.63. The number of amides is 4. The third-order valence-electron chi connectivity index (χ3n) is 7.59. The fourth-order valence-corrected chi connectivity index (χ4v) is 5.63. The Kier molecular flexibility index (Phi) is 6.02. The minimum Gasteiger partial charge on any atom is -0.497 e. The van der Waals surface area contributed by atoms with Gasteiger partial charge in [-0.05, 0) is 48.4 Å². The van der Waals surface area contributed by atoms with Crippen LogP contribution in [0, 0.1) is 0 Å². The van der Waals surface area contributed by atoms with Crippen molar-refractivity contribution in [3.05, 3.63) is 95.2 Å². The van der Waals surface area contributed by atoms with Gasteiger partial charge in [0.2, 0.25) is 0 Å². The van der Waals surface area contributed by atoms with Gasteiger partial charge < -0.3 is 20.1 Å². The zero-order chi connectivity index (χ0) is 28.1. The normalized spacial score (nSPS) is 18.9. The van der Waals surface area contributed by atoms with Crippen LogP contribution in [0.4, 0.5) is 10.5 Å². The predicted octanol–water partition coefficient (Wildman–Crippen LogP) is 3.86. The van der Waals surface area contributed by atoms with Crippen LogP contribution in [0.1, 0.15) is 40.1 Å². The Morgan fingerprint density at radius 3 is 2.45 bits per heavy atom. The number of H-pyrrole nitrogens is 1. The smallest absolute Gasteiger partial charge is 0.332 e. The number of hydrogen-bond donors (Lipinski definition) is 3. The number of methoxy groups -OCH3 is 1. The number of nitrogens with one attached hydrogen (secondary N) is 2. The number of fused-ring (bicyclic) bond motifs is 4. The maximum atomic E-state index is 14.2. The van der Waals surface area contributed by atoms with Crippen molar-refractivity contribution in [3.63, 3.8) is 0 Å². The number of carboxylic acids is 1. The van der Waals surface area contributed by atoms with Crippen molar-refractivity contribution in [2.24, 2.45) is 0 Å². The van der Waals surface area contributed by atoms with Gasteiger partial charge in [-0.15, -0.1) is 0 Å². The van der Waals surface area contributed by atoms with Crippen LogP contribution in [0.5, 0.6) is 5.75 Å². The Bertz CT molecular complexity index is 1680. The van der Waals surface area contributed by atoms with Crippen molar-refractivity contribution < 1.29 is 29.0 Å². The largest absolute Gasteiger partial charge is 0.497 e. The van der Waals surface area contributed by atoms with Crippen LogP contribution >= 0.6 is 0 Å². The molecule has 0 bridgehead atoms. The number of carbonyl (C=O) groups is 4. The van der Waals surface area contributed by atoms with E-state index in [1.165, 1.54) is 19.1 Å². The number of para-hydroxylation sites is 2. The van der Waals surface area contributed by atoms with Gasteiger partial charge in [0.15, 0.2) is 0 Å². The summed E-state index contributed by atoms with van der Waals surface area (Å²) in [5.74, 6) is -1.69. The lowest BCUT2D eigenvalue weighted by Crippen LogP contribution is -2.44. The summed E-state index contributed by atoms with van der Waals surface area (Å²) in [5, 5.41) is 12.6. The van der Waals surface area contributed by atoms with Crippen molar-refractivity contribution in [1.82, 2.24) is 15.2 Å². The minimum absolute atomic E-state index is 0.0297. The van der Waals surface area contributed by atoms with Crippen LogP contribution < -0.4 is 15.0 Å². The lowest BCUT2D eigenvalue weighted by atomic mass is 9.89. The van der Waals surface area contributed by atoms with Gasteiger partial charge in [0.1, 0.15) is 23.9 Å². The second-order valence-electron chi connectivity index (χ2n) is 9.87. The molecule has 0 spiro atoms. The second kappa shape index (κ2) is 9.57. The van der Waals surface area contributed by atoms with Crippen LogP contribution in [0.25, 0.3) is 10.9 Å². The Morgan fingerprint density at radius 2 is 1.73 bits per heavy atom. The highest BCUT2D eigenvalue weighted by Gasteiger charge is 2.53. The van der Waals surface area contributed by atoms with Gasteiger partial charge in [-0.2, -0.15) is 0 Å². The molecule has 2 aliphatic heterocycles. The number of carbonyl (C=O) groups excluding carboxylic acids is 3. The van der Waals surface area contributed by atoms with Gasteiger partial charge in [0.05, 0.1) is 18.4 Å². The zero-order valence-corrected chi connectivity index (χ0v) is 21.8. The van der Waals surface area contributed by atoms with Crippen LogP contribution in [0.2, 0.25) is 0 Å². The first-order chi connectivity index (χ1) is 19.3. The second-order valence-corrected chi connectivity index (χ2v) is 9.87. The number of imide groups is 1. The number of benzene rings is 3. The fraction of sp³-hybridized carbons (Fsp3) is 0.200. The lowest BCUT2D eigenvalue weighted by Gasteiger charge is -2.36. The van der Waals surface area contributed by atoms with Crippen molar-refractivity contribution in [3.8, 4) is 5.75 Å². The van der Waals surface area contributed by atoms with Gasteiger partial charge in [-0.25, -0.2) is 9.69 Å². The third kappa shape index (κ3) is 3.87. The number of anilines is 1. The number of carboxylic acid groups (broad SMARTS) is 1. The molecule has 1 fully saturated rings. The third-order valence-corrected chi connectivity index (χ3v) is 7.59. The summed E-state index contributed by atoms with van der Waals surface area (Å²) in [4.78, 5) is 58.6. The Hall–Kier alpha value is -5.12. The van der Waals surface area contributed by atoms with Crippen LogP contribution in [0.3, 0.4) is 0 Å². The average molecular weight is 539 g/mol. The van der Waals surface area contributed by atoms with Gasteiger partial charge >= 0.3 is 12.0 Å². The average Bonchev–Trinajstić information content (AvgIpc) is 3.46. The van der Waals surface area contributed by atoms with Crippen molar-refractivity contribution >= 4 is 40.4 Å². The molecule has 4 aromatic rings. The topological polar surface area (TPSA) is 132 Å². The van der Waals surface area contributed by atoms with E-state index in [-0.39, 0.29) is 11.3 Å². The molecule has 6 rings (SSSR count). The maximum absolute atomic E-state index is 14.2. The summed E-state index contributed by atoms with van der Waals surface area (Å²) in [6.45, 7) is 1.34. The van der Waals surface area contributed by atoms with Gasteiger partial charge in [-0.1, -0.05) is 42.5 Å². The molecule has 0 saturated carbocycles. The van der Waals surface area contributed by atoms with E-state index in [1.54, 1.807) is 24.1 Å². The summed E-state index contributed by atoms with van der Waals surface area (Å²) < 4.78 is 5.33. The molecule has 202 valence electrons. The van der Waals surface area contributed by atoms with E-state index in [1.807, 2.05) is 48.5 Å². The number of nitrogens with zero attached hydrogens (tertiary/aromatic N) is 2. The summed E-state index contributed by atoms with van der Waals surface area (Å²) in [7, 11) is 1.58. The van der Waals surface area contributed by atoms with Gasteiger partial charge in [-0.3, -0.25) is 19.3 Å². The van der Waals surface area contributed by atoms with Crippen LogP contribution in [-0.2, 0) is 16.0 Å². The summed E-state index contributed by atoms with van der Waals surface area (Å²) in [5.41, 5.74) is 3.63. The first-order valence-electron chi connectivity index (χ1n) is 12.8. The molecule has 3 aromatic carbocycles. The predicted molar refractivity (Wildman–Crippen MR) is 146 cm³/mol. The minimum atomic E-state index is -1.20. The van der Waals surface area contributed by atoms with Crippen molar-refractivity contribution in [2.45, 2.75) is 31.5 Å². The van der Waals surface area contributed by atoms with Gasteiger partial charge in [0.25, 0.3) is 11.8 Å². The molecule has 4 amide bonds. The molecule has 10 nitrogen and oxygen atoms in total. The SMILES string of the molecule is COc1ccc(C2c3[nH]c4ccccc4c3C[C@H]3C(=O)N(c4ccccc4C(=O)N[C@H](C)C(=O)O)C(=O)N23)cc1. The first kappa shape index (κ1) is 25.2. The highest BCUT2D eigenvalue weighted by Crippen LogP contribution is 2.45. The molecule has 2 aliphatic rings.